The summed E-state index contributed by atoms with van der Waals surface area (Å²) in [6.07, 6.45) is 3.29. The molecule has 1 aliphatic heterocycles. The normalized spacial score (nSPS) is 28.1. The molecular formula is C14H25N3O3. The molecule has 0 aromatic carbocycles. The second-order valence-electron chi connectivity index (χ2n) is 6.03. The number of hydrogen-bond acceptors (Lipinski definition) is 3. The number of piperazine rings is 1. The highest BCUT2D eigenvalue weighted by Crippen LogP contribution is 2.28. The van der Waals surface area contributed by atoms with Gasteiger partial charge in [-0.3, -0.25) is 4.79 Å². The first-order valence-corrected chi connectivity index (χ1v) is 7.50. The summed E-state index contributed by atoms with van der Waals surface area (Å²) in [7, 11) is 2.07. The summed E-state index contributed by atoms with van der Waals surface area (Å²) in [6, 6.07) is 0.0264. The first-order chi connectivity index (χ1) is 9.56. The lowest BCUT2D eigenvalue weighted by Gasteiger charge is -2.33. The molecule has 0 aromatic heterocycles. The minimum atomic E-state index is -0.676. The predicted octanol–water partition coefficient (Wildman–Crippen LogP) is 0.834. The molecule has 0 radical (unpaired) electrons. The molecule has 0 aromatic rings. The van der Waals surface area contributed by atoms with E-state index in [9.17, 15) is 9.59 Å². The van der Waals surface area contributed by atoms with E-state index < -0.39 is 5.97 Å². The van der Waals surface area contributed by atoms with Crippen LogP contribution in [-0.4, -0.2) is 66.7 Å². The summed E-state index contributed by atoms with van der Waals surface area (Å²) in [5.74, 6) is -0.425. The molecule has 0 atom stereocenters. The Kier molecular flexibility index (Phi) is 5.23. The second-order valence-corrected chi connectivity index (χ2v) is 6.03. The number of nitrogens with zero attached hydrogens (tertiary/aromatic N) is 2. The van der Waals surface area contributed by atoms with E-state index in [4.69, 9.17) is 5.11 Å². The van der Waals surface area contributed by atoms with Crippen LogP contribution in [0.5, 0.6) is 0 Å². The fourth-order valence-corrected chi connectivity index (χ4v) is 2.97. The van der Waals surface area contributed by atoms with Gasteiger partial charge in [-0.25, -0.2) is 4.79 Å². The molecule has 1 saturated carbocycles. The van der Waals surface area contributed by atoms with Gasteiger partial charge in [-0.2, -0.15) is 0 Å². The number of aliphatic carboxylic acids is 1. The van der Waals surface area contributed by atoms with Gasteiger partial charge in [0.15, 0.2) is 0 Å². The Morgan fingerprint density at radius 3 is 2.25 bits per heavy atom. The van der Waals surface area contributed by atoms with Crippen LogP contribution in [-0.2, 0) is 4.79 Å². The summed E-state index contributed by atoms with van der Waals surface area (Å²) in [5, 5.41) is 12.0. The zero-order valence-corrected chi connectivity index (χ0v) is 12.2. The summed E-state index contributed by atoms with van der Waals surface area (Å²) in [4.78, 5) is 27.0. The maximum atomic E-state index is 12.0. The molecule has 2 aliphatic rings. The SMILES string of the molecule is CN1CCN(C(=O)NCC2CCC(C(=O)O)CC2)CC1. The van der Waals surface area contributed by atoms with Crippen molar-refractivity contribution in [3.05, 3.63) is 0 Å². The zero-order chi connectivity index (χ0) is 14.5. The van der Waals surface area contributed by atoms with Crippen LogP contribution in [0.15, 0.2) is 0 Å². The van der Waals surface area contributed by atoms with Gasteiger partial charge < -0.3 is 20.2 Å². The third-order valence-corrected chi connectivity index (χ3v) is 4.53. The minimum absolute atomic E-state index is 0.0264. The van der Waals surface area contributed by atoms with E-state index in [-0.39, 0.29) is 11.9 Å². The number of nitrogens with one attached hydrogen (secondary N) is 1. The van der Waals surface area contributed by atoms with Crippen LogP contribution in [0, 0.1) is 11.8 Å². The molecule has 1 heterocycles. The van der Waals surface area contributed by atoms with Crippen LogP contribution in [0.25, 0.3) is 0 Å². The Morgan fingerprint density at radius 2 is 1.70 bits per heavy atom. The van der Waals surface area contributed by atoms with Crippen LogP contribution >= 0.6 is 0 Å². The molecule has 0 spiro atoms. The second kappa shape index (κ2) is 6.92. The Hall–Kier alpha value is -1.30. The smallest absolute Gasteiger partial charge is 0.317 e. The predicted molar refractivity (Wildman–Crippen MR) is 75.6 cm³/mol. The fourth-order valence-electron chi connectivity index (χ4n) is 2.97. The maximum absolute atomic E-state index is 12.0. The van der Waals surface area contributed by atoms with Crippen molar-refractivity contribution in [2.24, 2.45) is 11.8 Å². The lowest BCUT2D eigenvalue weighted by atomic mass is 9.82. The average molecular weight is 283 g/mol. The minimum Gasteiger partial charge on any atom is -0.481 e. The zero-order valence-electron chi connectivity index (χ0n) is 12.2. The molecule has 6 heteroatoms. The Morgan fingerprint density at radius 1 is 1.10 bits per heavy atom. The number of rotatable bonds is 3. The molecule has 2 amide bonds. The van der Waals surface area contributed by atoms with Crippen molar-refractivity contribution in [2.45, 2.75) is 25.7 Å². The van der Waals surface area contributed by atoms with Crippen molar-refractivity contribution < 1.29 is 14.7 Å². The van der Waals surface area contributed by atoms with Gasteiger partial charge in [-0.1, -0.05) is 0 Å². The van der Waals surface area contributed by atoms with Crippen LogP contribution in [0.3, 0.4) is 0 Å². The number of amides is 2. The van der Waals surface area contributed by atoms with Crippen molar-refractivity contribution in [1.29, 1.82) is 0 Å². The largest absolute Gasteiger partial charge is 0.481 e. The molecule has 114 valence electrons. The lowest BCUT2D eigenvalue weighted by Crippen LogP contribution is -2.51. The molecule has 1 saturated heterocycles. The first-order valence-electron chi connectivity index (χ1n) is 7.50. The monoisotopic (exact) mass is 283 g/mol. The van der Waals surface area contributed by atoms with E-state index in [1.54, 1.807) is 0 Å². The number of urea groups is 1. The number of carbonyl (C=O) groups is 2. The molecule has 2 fully saturated rings. The fraction of sp³-hybridized carbons (Fsp3) is 0.857. The molecule has 0 unspecified atom stereocenters. The average Bonchev–Trinajstić information content (AvgIpc) is 2.46. The van der Waals surface area contributed by atoms with Crippen LogP contribution in [0.2, 0.25) is 0 Å². The van der Waals surface area contributed by atoms with E-state index in [0.29, 0.717) is 12.5 Å². The van der Waals surface area contributed by atoms with Gasteiger partial charge in [-0.15, -0.1) is 0 Å². The van der Waals surface area contributed by atoms with E-state index in [1.807, 2.05) is 4.90 Å². The van der Waals surface area contributed by atoms with E-state index in [2.05, 4.69) is 17.3 Å². The molecule has 0 bridgehead atoms. The molecule has 6 nitrogen and oxygen atoms in total. The van der Waals surface area contributed by atoms with Crippen LogP contribution < -0.4 is 5.32 Å². The summed E-state index contributed by atoms with van der Waals surface area (Å²) >= 11 is 0. The Labute approximate surface area is 120 Å². The van der Waals surface area contributed by atoms with Crippen LogP contribution in [0.1, 0.15) is 25.7 Å². The molecule has 2 rings (SSSR count). The molecule has 20 heavy (non-hydrogen) atoms. The van der Waals surface area contributed by atoms with Crippen LogP contribution in [0.4, 0.5) is 4.79 Å². The van der Waals surface area contributed by atoms with E-state index in [1.165, 1.54) is 0 Å². The summed E-state index contributed by atoms with van der Waals surface area (Å²) in [5.41, 5.74) is 0. The van der Waals surface area contributed by atoms with Crippen molar-refractivity contribution in [3.8, 4) is 0 Å². The van der Waals surface area contributed by atoms with Gasteiger partial charge in [0.05, 0.1) is 5.92 Å². The Balaban J connectivity index is 1.65. The maximum Gasteiger partial charge on any atom is 0.317 e. The number of carbonyl (C=O) groups excluding carboxylic acids is 1. The topological polar surface area (TPSA) is 72.9 Å². The third kappa shape index (κ3) is 4.10. The van der Waals surface area contributed by atoms with E-state index >= 15 is 0 Å². The highest BCUT2D eigenvalue weighted by Gasteiger charge is 2.26. The Bertz CT molecular complexity index is 346. The van der Waals surface area contributed by atoms with Gasteiger partial charge >= 0.3 is 12.0 Å². The van der Waals surface area contributed by atoms with Gasteiger partial charge in [0, 0.05) is 32.7 Å². The van der Waals surface area contributed by atoms with Crippen molar-refractivity contribution in [2.75, 3.05) is 39.8 Å². The van der Waals surface area contributed by atoms with Gasteiger partial charge in [0.25, 0.3) is 0 Å². The standard InChI is InChI=1S/C14H25N3O3/c1-16-6-8-17(9-7-16)14(20)15-10-11-2-4-12(5-3-11)13(18)19/h11-12H,2-10H2,1H3,(H,15,20)(H,18,19). The van der Waals surface area contributed by atoms with Gasteiger partial charge in [-0.05, 0) is 38.6 Å². The van der Waals surface area contributed by atoms with Gasteiger partial charge in [0.2, 0.25) is 0 Å². The van der Waals surface area contributed by atoms with Gasteiger partial charge in [0.1, 0.15) is 0 Å². The van der Waals surface area contributed by atoms with Crippen molar-refractivity contribution in [1.82, 2.24) is 15.1 Å². The summed E-state index contributed by atoms with van der Waals surface area (Å²) < 4.78 is 0. The number of carboxylic acids is 1. The van der Waals surface area contributed by atoms with Crippen molar-refractivity contribution in [3.63, 3.8) is 0 Å². The quantitative estimate of drug-likeness (QED) is 0.805. The van der Waals surface area contributed by atoms with E-state index in [0.717, 1.165) is 51.9 Å². The highest BCUT2D eigenvalue weighted by molar-refractivity contribution is 5.74. The highest BCUT2D eigenvalue weighted by atomic mass is 16.4. The van der Waals surface area contributed by atoms with Crippen molar-refractivity contribution >= 4 is 12.0 Å². The summed E-state index contributed by atoms with van der Waals surface area (Å²) in [6.45, 7) is 4.11. The number of hydrogen-bond donors (Lipinski definition) is 2. The molecule has 2 N–H and O–H groups in total. The number of likely N-dealkylation sites (N-methyl/N-ethyl adjacent to an activating group) is 1. The lowest BCUT2D eigenvalue weighted by molar-refractivity contribution is -0.143. The number of carboxylic acid groups (broad SMARTS) is 1. The third-order valence-electron chi connectivity index (χ3n) is 4.53. The first kappa shape index (κ1) is 15.1. The molecular weight excluding hydrogens is 258 g/mol. The molecule has 1 aliphatic carbocycles.